The SMILES string of the molecule is Cc1cc(NC(=O)c2ccc(Br)o2)n(-c2nc(-c3cc4ccccc4o3)cs2)n1. The summed E-state index contributed by atoms with van der Waals surface area (Å²) in [4.78, 5) is 17.1. The zero-order valence-corrected chi connectivity index (χ0v) is 17.5. The first-order chi connectivity index (χ1) is 14.1. The van der Waals surface area contributed by atoms with E-state index < -0.39 is 0 Å². The molecule has 7 nitrogen and oxygen atoms in total. The molecule has 1 aromatic carbocycles. The predicted molar refractivity (Wildman–Crippen MR) is 114 cm³/mol. The summed E-state index contributed by atoms with van der Waals surface area (Å²) < 4.78 is 13.3. The maximum absolute atomic E-state index is 12.4. The van der Waals surface area contributed by atoms with Gasteiger partial charge >= 0.3 is 0 Å². The van der Waals surface area contributed by atoms with E-state index in [4.69, 9.17) is 8.83 Å². The lowest BCUT2D eigenvalue weighted by molar-refractivity contribution is 0.0994. The van der Waals surface area contributed by atoms with Crippen molar-refractivity contribution in [1.29, 1.82) is 0 Å². The fraction of sp³-hybridized carbons (Fsp3) is 0.0500. The first-order valence-corrected chi connectivity index (χ1v) is 10.3. The third-order valence-corrected chi connectivity index (χ3v) is 5.46. The molecule has 0 unspecified atom stereocenters. The second-order valence-electron chi connectivity index (χ2n) is 6.30. The highest BCUT2D eigenvalue weighted by Gasteiger charge is 2.18. The molecule has 144 valence electrons. The Morgan fingerprint density at radius 1 is 1.17 bits per heavy atom. The monoisotopic (exact) mass is 468 g/mol. The molecule has 5 aromatic rings. The highest BCUT2D eigenvalue weighted by atomic mass is 79.9. The molecular weight excluding hydrogens is 456 g/mol. The van der Waals surface area contributed by atoms with E-state index in [1.807, 2.05) is 42.6 Å². The average molecular weight is 469 g/mol. The molecule has 9 heteroatoms. The molecule has 0 saturated carbocycles. The number of nitrogens with zero attached hydrogens (tertiary/aromatic N) is 3. The summed E-state index contributed by atoms with van der Waals surface area (Å²) in [5.41, 5.74) is 2.27. The number of aryl methyl sites for hydroxylation is 1. The number of aromatic nitrogens is 3. The van der Waals surface area contributed by atoms with Crippen LogP contribution >= 0.6 is 27.3 Å². The number of carbonyl (C=O) groups is 1. The van der Waals surface area contributed by atoms with Crippen molar-refractivity contribution in [2.24, 2.45) is 0 Å². The molecule has 0 atom stereocenters. The Labute approximate surface area is 177 Å². The van der Waals surface area contributed by atoms with Crippen LogP contribution in [0.5, 0.6) is 0 Å². The van der Waals surface area contributed by atoms with Gasteiger partial charge in [-0.25, -0.2) is 4.98 Å². The van der Waals surface area contributed by atoms with Crippen molar-refractivity contribution in [3.8, 4) is 16.6 Å². The number of furan rings is 2. The highest BCUT2D eigenvalue weighted by molar-refractivity contribution is 9.10. The summed E-state index contributed by atoms with van der Waals surface area (Å²) in [6, 6.07) is 14.8. The number of thiazole rings is 1. The van der Waals surface area contributed by atoms with Crippen molar-refractivity contribution in [2.45, 2.75) is 6.92 Å². The number of anilines is 1. The van der Waals surface area contributed by atoms with Crippen molar-refractivity contribution in [1.82, 2.24) is 14.8 Å². The first kappa shape index (κ1) is 17.9. The van der Waals surface area contributed by atoms with E-state index in [-0.39, 0.29) is 11.7 Å². The zero-order chi connectivity index (χ0) is 20.0. The van der Waals surface area contributed by atoms with Gasteiger partial charge in [0.15, 0.2) is 16.2 Å². The Bertz CT molecular complexity index is 1310. The zero-order valence-electron chi connectivity index (χ0n) is 15.0. The number of rotatable bonds is 4. The van der Waals surface area contributed by atoms with Gasteiger partial charge in [-0.15, -0.1) is 11.3 Å². The van der Waals surface area contributed by atoms with Crippen LogP contribution in [0.4, 0.5) is 5.82 Å². The maximum atomic E-state index is 12.4. The fourth-order valence-electron chi connectivity index (χ4n) is 2.93. The molecule has 4 heterocycles. The summed E-state index contributed by atoms with van der Waals surface area (Å²) in [6.07, 6.45) is 0. The van der Waals surface area contributed by atoms with Crippen LogP contribution in [0.3, 0.4) is 0 Å². The van der Waals surface area contributed by atoms with E-state index in [0.29, 0.717) is 27.1 Å². The molecule has 1 N–H and O–H groups in total. The molecule has 0 aliphatic heterocycles. The summed E-state index contributed by atoms with van der Waals surface area (Å²) in [5, 5.41) is 10.8. The van der Waals surface area contributed by atoms with Gasteiger partial charge in [-0.3, -0.25) is 4.79 Å². The van der Waals surface area contributed by atoms with Crippen molar-refractivity contribution >= 4 is 50.0 Å². The summed E-state index contributed by atoms with van der Waals surface area (Å²) >= 11 is 4.61. The minimum atomic E-state index is -0.370. The topological polar surface area (TPSA) is 86.1 Å². The quantitative estimate of drug-likeness (QED) is 0.367. The molecule has 0 aliphatic rings. The van der Waals surface area contributed by atoms with Crippen LogP contribution in [-0.2, 0) is 0 Å². The van der Waals surface area contributed by atoms with Crippen LogP contribution in [0.25, 0.3) is 27.6 Å². The number of hydrogen-bond donors (Lipinski definition) is 1. The Morgan fingerprint density at radius 3 is 2.83 bits per heavy atom. The number of para-hydroxylation sites is 1. The fourth-order valence-corrected chi connectivity index (χ4v) is 4.01. The Morgan fingerprint density at radius 2 is 2.03 bits per heavy atom. The molecule has 4 aromatic heterocycles. The van der Waals surface area contributed by atoms with Crippen molar-refractivity contribution in [3.63, 3.8) is 0 Å². The number of nitrogens with one attached hydrogen (secondary N) is 1. The van der Waals surface area contributed by atoms with Gasteiger partial charge in [0.1, 0.15) is 17.1 Å². The van der Waals surface area contributed by atoms with Crippen LogP contribution in [0.15, 0.2) is 67.4 Å². The highest BCUT2D eigenvalue weighted by Crippen LogP contribution is 2.30. The molecule has 0 spiro atoms. The molecule has 29 heavy (non-hydrogen) atoms. The van der Waals surface area contributed by atoms with Crippen LogP contribution < -0.4 is 5.32 Å². The molecular formula is C20H13BrN4O3S. The van der Waals surface area contributed by atoms with Gasteiger partial charge in [-0.1, -0.05) is 18.2 Å². The molecule has 0 radical (unpaired) electrons. The van der Waals surface area contributed by atoms with Gasteiger partial charge in [0, 0.05) is 16.8 Å². The van der Waals surface area contributed by atoms with E-state index in [0.717, 1.165) is 16.7 Å². The molecule has 1 amide bonds. The smallest absolute Gasteiger partial charge is 0.292 e. The number of hydrogen-bond acceptors (Lipinski definition) is 6. The Balaban J connectivity index is 1.46. The summed E-state index contributed by atoms with van der Waals surface area (Å²) in [6.45, 7) is 1.85. The third kappa shape index (κ3) is 3.39. The lowest BCUT2D eigenvalue weighted by atomic mass is 10.2. The first-order valence-electron chi connectivity index (χ1n) is 8.65. The van der Waals surface area contributed by atoms with Crippen molar-refractivity contribution < 1.29 is 13.6 Å². The van der Waals surface area contributed by atoms with Crippen LogP contribution in [0, 0.1) is 6.92 Å². The van der Waals surface area contributed by atoms with Gasteiger partial charge in [-0.05, 0) is 47.1 Å². The second-order valence-corrected chi connectivity index (χ2v) is 7.92. The van der Waals surface area contributed by atoms with Gasteiger partial charge in [0.2, 0.25) is 5.13 Å². The molecule has 0 fully saturated rings. The van der Waals surface area contributed by atoms with Gasteiger partial charge in [-0.2, -0.15) is 9.78 Å². The van der Waals surface area contributed by atoms with E-state index >= 15 is 0 Å². The van der Waals surface area contributed by atoms with E-state index in [9.17, 15) is 4.79 Å². The van der Waals surface area contributed by atoms with Crippen molar-refractivity contribution in [2.75, 3.05) is 5.32 Å². The lowest BCUT2D eigenvalue weighted by Gasteiger charge is -2.04. The largest absolute Gasteiger partial charge is 0.454 e. The number of halogens is 1. The van der Waals surface area contributed by atoms with Crippen LogP contribution in [0.2, 0.25) is 0 Å². The Hall–Kier alpha value is -3.17. The van der Waals surface area contributed by atoms with Gasteiger partial charge < -0.3 is 14.2 Å². The standard InChI is InChI=1S/C20H13BrN4O3S/c1-11-8-18(23-19(26)15-6-7-17(21)28-15)25(24-11)20-22-13(10-29-20)16-9-12-4-2-3-5-14(12)27-16/h2-10H,1H3,(H,23,26). The van der Waals surface area contributed by atoms with Crippen LogP contribution in [-0.4, -0.2) is 20.7 Å². The average Bonchev–Trinajstić information content (AvgIpc) is 3.46. The second kappa shape index (κ2) is 7.02. The maximum Gasteiger partial charge on any atom is 0.292 e. The third-order valence-electron chi connectivity index (χ3n) is 4.22. The lowest BCUT2D eigenvalue weighted by Crippen LogP contribution is -2.14. The molecule has 0 aliphatic carbocycles. The minimum Gasteiger partial charge on any atom is -0.454 e. The Kier molecular flexibility index (Phi) is 4.33. The number of fused-ring (bicyclic) bond motifs is 1. The summed E-state index contributed by atoms with van der Waals surface area (Å²) in [7, 11) is 0. The van der Waals surface area contributed by atoms with E-state index in [1.165, 1.54) is 11.3 Å². The summed E-state index contributed by atoms with van der Waals surface area (Å²) in [5.74, 6) is 1.02. The predicted octanol–water partition coefficient (Wildman–Crippen LogP) is 5.66. The van der Waals surface area contributed by atoms with Crippen LogP contribution in [0.1, 0.15) is 16.2 Å². The number of carbonyl (C=O) groups excluding carboxylic acids is 1. The number of benzene rings is 1. The molecule has 5 rings (SSSR count). The minimum absolute atomic E-state index is 0.199. The van der Waals surface area contributed by atoms with Gasteiger partial charge in [0.05, 0.1) is 5.69 Å². The van der Waals surface area contributed by atoms with E-state index in [2.05, 4.69) is 31.3 Å². The van der Waals surface area contributed by atoms with Crippen molar-refractivity contribution in [3.05, 3.63) is 70.0 Å². The number of amides is 1. The molecule has 0 saturated heterocycles. The van der Waals surface area contributed by atoms with Gasteiger partial charge in [0.25, 0.3) is 5.91 Å². The van der Waals surface area contributed by atoms with E-state index in [1.54, 1.807) is 22.9 Å². The molecule has 0 bridgehead atoms. The normalized spacial score (nSPS) is 11.2.